The molecule has 120 valence electrons. The molecule has 0 aromatic heterocycles. The molecule has 1 unspecified atom stereocenters. The molecule has 22 heavy (non-hydrogen) atoms. The number of halogens is 1. The van der Waals surface area contributed by atoms with Gasteiger partial charge >= 0.3 is 5.97 Å². The summed E-state index contributed by atoms with van der Waals surface area (Å²) in [6.07, 6.45) is 0.422. The predicted molar refractivity (Wildman–Crippen MR) is 80.9 cm³/mol. The number of rotatable bonds is 6. The molecule has 0 aliphatic heterocycles. The van der Waals surface area contributed by atoms with Gasteiger partial charge in [0.2, 0.25) is 10.0 Å². The number of primary sulfonamides is 1. The molecule has 0 fully saturated rings. The molecule has 1 amide bonds. The van der Waals surface area contributed by atoms with Gasteiger partial charge in [-0.2, -0.15) is 0 Å². The van der Waals surface area contributed by atoms with Crippen LogP contribution in [0.2, 0.25) is 5.02 Å². The highest BCUT2D eigenvalue weighted by Crippen LogP contribution is 2.22. The van der Waals surface area contributed by atoms with Gasteiger partial charge < -0.3 is 10.1 Å². The fraction of sp³-hybridized carbons (Fsp3) is 0.231. The highest BCUT2D eigenvalue weighted by Gasteiger charge is 2.21. The molecular weight excluding hydrogens is 332 g/mol. The number of sulfonamides is 1. The first-order valence-corrected chi connectivity index (χ1v) is 8.01. The normalized spacial score (nSPS) is 12.3. The van der Waals surface area contributed by atoms with Gasteiger partial charge in [0.05, 0.1) is 10.6 Å². The van der Waals surface area contributed by atoms with Crippen molar-refractivity contribution in [3.05, 3.63) is 41.4 Å². The zero-order valence-electron chi connectivity index (χ0n) is 11.7. The second-order valence-corrected chi connectivity index (χ2v) is 6.21. The maximum Gasteiger partial charge on any atom is 0.338 e. The van der Waals surface area contributed by atoms with E-state index in [1.54, 1.807) is 0 Å². The Morgan fingerprint density at radius 2 is 2.14 bits per heavy atom. The SMILES string of the molecule is C=CCNC(=O)C(C)OC(=O)c1ccc(Cl)c(S(N)(=O)=O)c1. The fourth-order valence-electron chi connectivity index (χ4n) is 1.45. The number of esters is 1. The van der Waals surface area contributed by atoms with E-state index in [-0.39, 0.29) is 17.1 Å². The monoisotopic (exact) mass is 346 g/mol. The largest absolute Gasteiger partial charge is 0.449 e. The number of nitrogens with one attached hydrogen (secondary N) is 1. The predicted octanol–water partition coefficient (Wildman–Crippen LogP) is 0.835. The van der Waals surface area contributed by atoms with Crippen LogP contribution in [0, 0.1) is 0 Å². The molecule has 0 spiro atoms. The van der Waals surface area contributed by atoms with E-state index in [0.717, 1.165) is 6.07 Å². The van der Waals surface area contributed by atoms with Crippen molar-refractivity contribution in [2.45, 2.75) is 17.9 Å². The molecule has 1 aromatic carbocycles. The van der Waals surface area contributed by atoms with Crippen LogP contribution < -0.4 is 10.5 Å². The van der Waals surface area contributed by atoms with Gasteiger partial charge in [-0.3, -0.25) is 4.79 Å². The molecule has 0 heterocycles. The average Bonchev–Trinajstić information content (AvgIpc) is 2.43. The van der Waals surface area contributed by atoms with E-state index < -0.39 is 32.9 Å². The van der Waals surface area contributed by atoms with Crippen LogP contribution in [-0.2, 0) is 19.6 Å². The smallest absolute Gasteiger partial charge is 0.338 e. The van der Waals surface area contributed by atoms with Crippen molar-refractivity contribution in [2.24, 2.45) is 5.14 Å². The van der Waals surface area contributed by atoms with Crippen LogP contribution in [0.15, 0.2) is 35.7 Å². The molecule has 1 rings (SSSR count). The number of hydrogen-bond acceptors (Lipinski definition) is 5. The van der Waals surface area contributed by atoms with Gasteiger partial charge in [-0.1, -0.05) is 17.7 Å². The number of benzene rings is 1. The molecule has 9 heteroatoms. The van der Waals surface area contributed by atoms with Gasteiger partial charge in [0.1, 0.15) is 4.90 Å². The first kappa shape index (κ1) is 18.1. The molecule has 0 saturated carbocycles. The minimum Gasteiger partial charge on any atom is -0.449 e. The maximum atomic E-state index is 11.9. The van der Waals surface area contributed by atoms with Crippen molar-refractivity contribution in [3.8, 4) is 0 Å². The summed E-state index contributed by atoms with van der Waals surface area (Å²) in [7, 11) is -4.08. The number of carbonyl (C=O) groups excluding carboxylic acids is 2. The Hall–Kier alpha value is -1.90. The fourth-order valence-corrected chi connectivity index (χ4v) is 2.52. The van der Waals surface area contributed by atoms with Crippen LogP contribution >= 0.6 is 11.6 Å². The van der Waals surface area contributed by atoms with E-state index in [9.17, 15) is 18.0 Å². The van der Waals surface area contributed by atoms with Gasteiger partial charge in [-0.25, -0.2) is 18.4 Å². The van der Waals surface area contributed by atoms with E-state index in [1.165, 1.54) is 25.1 Å². The lowest BCUT2D eigenvalue weighted by Gasteiger charge is -2.13. The van der Waals surface area contributed by atoms with Gasteiger partial charge in [-0.15, -0.1) is 6.58 Å². The molecule has 7 nitrogen and oxygen atoms in total. The Bertz CT molecular complexity index is 702. The average molecular weight is 347 g/mol. The Labute approximate surface area is 133 Å². The van der Waals surface area contributed by atoms with Crippen LogP contribution in [-0.4, -0.2) is 32.9 Å². The molecule has 0 radical (unpaired) electrons. The van der Waals surface area contributed by atoms with Crippen LogP contribution in [0.1, 0.15) is 17.3 Å². The van der Waals surface area contributed by atoms with E-state index in [1.807, 2.05) is 0 Å². The standard InChI is InChI=1S/C13H15ClN2O5S/c1-3-6-16-12(17)8(2)21-13(18)9-4-5-10(14)11(7-9)22(15,19)20/h3-5,7-8H,1,6H2,2H3,(H,16,17)(H2,15,19,20). The number of amides is 1. The lowest BCUT2D eigenvalue weighted by Crippen LogP contribution is -2.35. The van der Waals surface area contributed by atoms with Crippen molar-refractivity contribution >= 4 is 33.5 Å². The van der Waals surface area contributed by atoms with Crippen molar-refractivity contribution in [1.82, 2.24) is 5.32 Å². The Morgan fingerprint density at radius 1 is 1.50 bits per heavy atom. The number of carbonyl (C=O) groups is 2. The Balaban J connectivity index is 2.91. The molecular formula is C13H15ClN2O5S. The topological polar surface area (TPSA) is 116 Å². The minimum absolute atomic E-state index is 0.0863. The summed E-state index contributed by atoms with van der Waals surface area (Å²) in [6, 6.07) is 3.47. The summed E-state index contributed by atoms with van der Waals surface area (Å²) in [5.41, 5.74) is -0.0863. The van der Waals surface area contributed by atoms with Gasteiger partial charge in [0.25, 0.3) is 5.91 Å². The number of ether oxygens (including phenoxy) is 1. The summed E-state index contributed by atoms with van der Waals surface area (Å²) in [6.45, 7) is 5.05. The lowest BCUT2D eigenvalue weighted by atomic mass is 10.2. The van der Waals surface area contributed by atoms with Crippen LogP contribution in [0.5, 0.6) is 0 Å². The summed E-state index contributed by atoms with van der Waals surface area (Å²) in [5.74, 6) is -1.38. The van der Waals surface area contributed by atoms with Crippen LogP contribution in [0.4, 0.5) is 0 Å². The summed E-state index contributed by atoms with van der Waals surface area (Å²) >= 11 is 5.71. The summed E-state index contributed by atoms with van der Waals surface area (Å²) in [5, 5.41) is 7.34. The first-order valence-electron chi connectivity index (χ1n) is 6.08. The second kappa shape index (κ2) is 7.39. The zero-order valence-corrected chi connectivity index (χ0v) is 13.3. The summed E-state index contributed by atoms with van der Waals surface area (Å²) < 4.78 is 27.6. The molecule has 0 aliphatic carbocycles. The van der Waals surface area contributed by atoms with Crippen molar-refractivity contribution in [1.29, 1.82) is 0 Å². The van der Waals surface area contributed by atoms with E-state index in [4.69, 9.17) is 21.5 Å². The molecule has 0 bridgehead atoms. The Kier molecular flexibility index (Phi) is 6.10. The minimum atomic E-state index is -4.08. The van der Waals surface area contributed by atoms with Crippen LogP contribution in [0.25, 0.3) is 0 Å². The number of nitrogens with two attached hydrogens (primary N) is 1. The molecule has 0 saturated heterocycles. The molecule has 0 aliphatic rings. The molecule has 1 aromatic rings. The highest BCUT2D eigenvalue weighted by molar-refractivity contribution is 7.89. The molecule has 1 atom stereocenters. The van der Waals surface area contributed by atoms with E-state index in [0.29, 0.717) is 0 Å². The quantitative estimate of drug-likeness (QED) is 0.584. The van der Waals surface area contributed by atoms with Gasteiger partial charge in [0.15, 0.2) is 6.10 Å². The lowest BCUT2D eigenvalue weighted by molar-refractivity contribution is -0.128. The second-order valence-electron chi connectivity index (χ2n) is 4.27. The van der Waals surface area contributed by atoms with Crippen molar-refractivity contribution < 1.29 is 22.7 Å². The highest BCUT2D eigenvalue weighted by atomic mass is 35.5. The van der Waals surface area contributed by atoms with E-state index in [2.05, 4.69) is 11.9 Å². The third-order valence-electron chi connectivity index (χ3n) is 2.55. The van der Waals surface area contributed by atoms with Crippen molar-refractivity contribution in [3.63, 3.8) is 0 Å². The van der Waals surface area contributed by atoms with Crippen LogP contribution in [0.3, 0.4) is 0 Å². The van der Waals surface area contributed by atoms with Gasteiger partial charge in [-0.05, 0) is 25.1 Å². The summed E-state index contributed by atoms with van der Waals surface area (Å²) in [4.78, 5) is 23.1. The van der Waals surface area contributed by atoms with E-state index >= 15 is 0 Å². The van der Waals surface area contributed by atoms with Crippen molar-refractivity contribution in [2.75, 3.05) is 6.54 Å². The molecule has 3 N–H and O–H groups in total. The third-order valence-corrected chi connectivity index (χ3v) is 3.94. The van der Waals surface area contributed by atoms with Gasteiger partial charge in [0, 0.05) is 6.54 Å². The number of hydrogen-bond donors (Lipinski definition) is 2. The Morgan fingerprint density at radius 3 is 2.68 bits per heavy atom. The third kappa shape index (κ3) is 4.83. The zero-order chi connectivity index (χ0) is 16.9. The first-order chi connectivity index (χ1) is 10.2. The maximum absolute atomic E-state index is 11.9.